The second-order valence-electron chi connectivity index (χ2n) is 6.30. The van der Waals surface area contributed by atoms with Gasteiger partial charge >= 0.3 is 0 Å². The van der Waals surface area contributed by atoms with Gasteiger partial charge in [0, 0.05) is 25.7 Å². The van der Waals surface area contributed by atoms with Crippen LogP contribution < -0.4 is 10.6 Å². The van der Waals surface area contributed by atoms with Gasteiger partial charge in [0.25, 0.3) is 12.3 Å². The molecule has 0 bridgehead atoms. The molecule has 1 fully saturated rings. The van der Waals surface area contributed by atoms with E-state index in [0.717, 1.165) is 0 Å². The lowest BCUT2D eigenvalue weighted by Gasteiger charge is -2.32. The first kappa shape index (κ1) is 17.7. The number of hydrogen-bond acceptors (Lipinski definition) is 5. The van der Waals surface area contributed by atoms with E-state index in [0.29, 0.717) is 17.0 Å². The van der Waals surface area contributed by atoms with Crippen molar-refractivity contribution in [1.29, 1.82) is 0 Å². The maximum atomic E-state index is 14.0. The molecule has 27 heavy (non-hydrogen) atoms. The molecule has 2 N–H and O–H groups in total. The Kier molecular flexibility index (Phi) is 4.42. The van der Waals surface area contributed by atoms with Crippen molar-refractivity contribution in [1.82, 2.24) is 24.7 Å². The van der Waals surface area contributed by atoms with E-state index >= 15 is 0 Å². The third-order valence-electron chi connectivity index (χ3n) is 4.47. The number of imidazole rings is 1. The highest BCUT2D eigenvalue weighted by molar-refractivity contribution is 5.61. The molecule has 142 valence electrons. The van der Waals surface area contributed by atoms with Gasteiger partial charge in [-0.05, 0) is 12.1 Å². The third kappa shape index (κ3) is 3.44. The monoisotopic (exact) mass is 380 g/mol. The van der Waals surface area contributed by atoms with E-state index in [2.05, 4.69) is 25.6 Å². The zero-order valence-corrected chi connectivity index (χ0v) is 14.0. The number of rotatable bonds is 4. The van der Waals surface area contributed by atoms with E-state index in [9.17, 15) is 17.6 Å². The Labute approximate surface area is 151 Å². The highest BCUT2D eigenvalue weighted by Crippen LogP contribution is 2.28. The quantitative estimate of drug-likeness (QED) is 0.681. The number of alkyl halides is 4. The Morgan fingerprint density at radius 3 is 2.85 bits per heavy atom. The molecular weight excluding hydrogens is 364 g/mol. The number of fused-ring (bicyclic) bond motifs is 1. The van der Waals surface area contributed by atoms with Crippen LogP contribution in [0.25, 0.3) is 17.0 Å². The zero-order chi connectivity index (χ0) is 19.0. The first-order chi connectivity index (χ1) is 12.9. The third-order valence-corrected chi connectivity index (χ3v) is 4.47. The average molecular weight is 380 g/mol. The van der Waals surface area contributed by atoms with Crippen LogP contribution in [0.3, 0.4) is 0 Å². The number of hydrogen-bond donors (Lipinski definition) is 2. The molecule has 4 rings (SSSR count). The molecule has 0 radical (unpaired) electrons. The van der Waals surface area contributed by atoms with Gasteiger partial charge in [0.1, 0.15) is 17.6 Å². The maximum Gasteiger partial charge on any atom is 0.281 e. The van der Waals surface area contributed by atoms with Crippen molar-refractivity contribution in [2.24, 2.45) is 0 Å². The number of nitrogens with zero attached hydrogens (tertiary/aromatic N) is 4. The summed E-state index contributed by atoms with van der Waals surface area (Å²) in [6.45, 7) is 0.388. The summed E-state index contributed by atoms with van der Waals surface area (Å²) < 4.78 is 55.4. The lowest BCUT2D eigenvalue weighted by molar-refractivity contribution is -0.0384. The van der Waals surface area contributed by atoms with Gasteiger partial charge in [-0.25, -0.2) is 32.5 Å². The number of halogens is 4. The van der Waals surface area contributed by atoms with Gasteiger partial charge in [0.2, 0.25) is 0 Å². The van der Waals surface area contributed by atoms with Crippen LogP contribution in [0.15, 0.2) is 36.8 Å². The van der Waals surface area contributed by atoms with Crippen molar-refractivity contribution in [2.75, 3.05) is 18.4 Å². The second-order valence-corrected chi connectivity index (χ2v) is 6.30. The van der Waals surface area contributed by atoms with E-state index in [1.54, 1.807) is 18.2 Å². The van der Waals surface area contributed by atoms with Crippen LogP contribution in [0.4, 0.5) is 23.4 Å². The topological polar surface area (TPSA) is 67.1 Å². The molecule has 10 heteroatoms. The van der Waals surface area contributed by atoms with Crippen LogP contribution in [-0.2, 0) is 0 Å². The summed E-state index contributed by atoms with van der Waals surface area (Å²) in [5, 5.41) is 5.70. The summed E-state index contributed by atoms with van der Waals surface area (Å²) in [6, 6.07) is 3.83. The summed E-state index contributed by atoms with van der Waals surface area (Å²) in [5.41, 5.74) is 0.888. The van der Waals surface area contributed by atoms with E-state index in [-0.39, 0.29) is 31.0 Å². The minimum Gasteiger partial charge on any atom is -0.360 e. The van der Waals surface area contributed by atoms with Gasteiger partial charge in [-0.1, -0.05) is 6.07 Å². The molecule has 1 aliphatic heterocycles. The second kappa shape index (κ2) is 6.76. The molecule has 1 atom stereocenters. The Bertz CT molecular complexity index is 958. The van der Waals surface area contributed by atoms with Crippen molar-refractivity contribution < 1.29 is 17.6 Å². The largest absolute Gasteiger partial charge is 0.360 e. The standard InChI is InChI=1S/C17H16F4N6/c18-16(19)11-9-27-12(6-24-15(27)8-23-11)10-2-1-3-14(25-10)26-13-7-22-5-4-17(13,20)21/h1-3,6,8-9,13,16,22H,4-5,7H2,(H,25,26). The fourth-order valence-electron chi connectivity index (χ4n) is 3.02. The van der Waals surface area contributed by atoms with Crippen LogP contribution in [0.2, 0.25) is 0 Å². The molecule has 0 amide bonds. The van der Waals surface area contributed by atoms with Crippen molar-refractivity contribution in [3.63, 3.8) is 0 Å². The lowest BCUT2D eigenvalue weighted by Crippen LogP contribution is -2.52. The molecule has 1 aliphatic rings. The molecule has 4 heterocycles. The number of nitrogens with one attached hydrogen (secondary N) is 2. The Balaban J connectivity index is 1.66. The van der Waals surface area contributed by atoms with Gasteiger partial charge in [-0.2, -0.15) is 0 Å². The number of anilines is 1. The van der Waals surface area contributed by atoms with Crippen LogP contribution in [-0.4, -0.2) is 44.4 Å². The van der Waals surface area contributed by atoms with E-state index < -0.39 is 18.4 Å². The van der Waals surface area contributed by atoms with Crippen molar-refractivity contribution in [3.8, 4) is 11.4 Å². The number of piperidine rings is 1. The highest BCUT2D eigenvalue weighted by atomic mass is 19.3. The molecule has 0 aromatic carbocycles. The molecule has 6 nitrogen and oxygen atoms in total. The van der Waals surface area contributed by atoms with Crippen LogP contribution in [0.1, 0.15) is 18.5 Å². The molecule has 0 aliphatic carbocycles. The molecule has 3 aromatic heterocycles. The predicted octanol–water partition coefficient (Wildman–Crippen LogP) is 3.14. The molecule has 1 unspecified atom stereocenters. The van der Waals surface area contributed by atoms with E-state index in [1.165, 1.54) is 23.0 Å². The maximum absolute atomic E-state index is 14.0. The minimum absolute atomic E-state index is 0.123. The Morgan fingerprint density at radius 1 is 1.22 bits per heavy atom. The van der Waals surface area contributed by atoms with Crippen LogP contribution >= 0.6 is 0 Å². The van der Waals surface area contributed by atoms with Gasteiger partial charge < -0.3 is 10.6 Å². The first-order valence-electron chi connectivity index (χ1n) is 8.38. The van der Waals surface area contributed by atoms with E-state index in [4.69, 9.17) is 0 Å². The molecule has 1 saturated heterocycles. The normalized spacial score (nSPS) is 19.5. The van der Waals surface area contributed by atoms with Crippen LogP contribution in [0, 0.1) is 0 Å². The van der Waals surface area contributed by atoms with Crippen molar-refractivity contribution in [3.05, 3.63) is 42.5 Å². The molecular formula is C17H16F4N6. The summed E-state index contributed by atoms with van der Waals surface area (Å²) in [5.74, 6) is -2.57. The van der Waals surface area contributed by atoms with Crippen molar-refractivity contribution in [2.45, 2.75) is 24.8 Å². The summed E-state index contributed by atoms with van der Waals surface area (Å²) in [7, 11) is 0. The first-order valence-corrected chi connectivity index (χ1v) is 8.38. The minimum atomic E-state index is -2.84. The number of aromatic nitrogens is 4. The fourth-order valence-corrected chi connectivity index (χ4v) is 3.02. The Hall–Kier alpha value is -2.75. The fraction of sp³-hybridized carbons (Fsp3) is 0.353. The van der Waals surface area contributed by atoms with Gasteiger partial charge in [0.05, 0.1) is 23.8 Å². The lowest BCUT2D eigenvalue weighted by atomic mass is 10.0. The Morgan fingerprint density at radius 2 is 2.07 bits per heavy atom. The van der Waals surface area contributed by atoms with Gasteiger partial charge in [-0.15, -0.1) is 0 Å². The molecule has 0 spiro atoms. The van der Waals surface area contributed by atoms with Crippen LogP contribution in [0.5, 0.6) is 0 Å². The van der Waals surface area contributed by atoms with Crippen molar-refractivity contribution >= 4 is 11.5 Å². The SMILES string of the molecule is FC(F)c1cn2c(-c3cccc(NC4CNCCC4(F)F)n3)cnc2cn1. The van der Waals surface area contributed by atoms with Gasteiger partial charge in [0.15, 0.2) is 5.65 Å². The summed E-state index contributed by atoms with van der Waals surface area (Å²) in [4.78, 5) is 12.2. The van der Waals surface area contributed by atoms with Gasteiger partial charge in [-0.3, -0.25) is 4.40 Å². The average Bonchev–Trinajstić information content (AvgIpc) is 3.07. The van der Waals surface area contributed by atoms with E-state index in [1.807, 2.05) is 0 Å². The summed E-state index contributed by atoms with van der Waals surface area (Å²) in [6.07, 6.45) is 0.965. The summed E-state index contributed by atoms with van der Waals surface area (Å²) >= 11 is 0. The smallest absolute Gasteiger partial charge is 0.281 e. The zero-order valence-electron chi connectivity index (χ0n) is 14.0. The number of pyridine rings is 1. The highest BCUT2D eigenvalue weighted by Gasteiger charge is 2.41. The molecule has 0 saturated carbocycles. The predicted molar refractivity (Wildman–Crippen MR) is 91.0 cm³/mol. The molecule has 3 aromatic rings.